The number of rotatable bonds is 10. The molecule has 1 aromatic carbocycles. The summed E-state index contributed by atoms with van der Waals surface area (Å²) >= 11 is 0. The molecule has 1 heterocycles. The zero-order valence-corrected chi connectivity index (χ0v) is 17.8. The zero-order chi connectivity index (χ0) is 22.3. The molecule has 0 aliphatic carbocycles. The van der Waals surface area contributed by atoms with E-state index in [0.717, 1.165) is 12.0 Å². The molecule has 8 nitrogen and oxygen atoms in total. The molecule has 2 amide bonds. The number of cyclic esters (lactones) is 1. The molecule has 0 bridgehead atoms. The second-order valence-corrected chi connectivity index (χ2v) is 7.87. The number of benzene rings is 1. The minimum Gasteiger partial charge on any atom is -0.459 e. The molecular weight excluding hydrogens is 388 g/mol. The van der Waals surface area contributed by atoms with Gasteiger partial charge in [0.05, 0.1) is 6.54 Å². The molecule has 8 heteroatoms. The highest BCUT2D eigenvalue weighted by molar-refractivity contribution is 5.96. The molecule has 0 saturated carbocycles. The summed E-state index contributed by atoms with van der Waals surface area (Å²) in [6.07, 6.45) is -0.137. The van der Waals surface area contributed by atoms with E-state index < -0.39 is 41.8 Å². The first-order valence-corrected chi connectivity index (χ1v) is 10.2. The van der Waals surface area contributed by atoms with Gasteiger partial charge in [0.2, 0.25) is 5.91 Å². The number of carbonyl (C=O) groups excluding carboxylic acids is 4. The van der Waals surface area contributed by atoms with E-state index in [2.05, 4.69) is 10.6 Å². The molecule has 1 saturated heterocycles. The highest BCUT2D eigenvalue weighted by atomic mass is 16.6. The van der Waals surface area contributed by atoms with Gasteiger partial charge in [0, 0.05) is 0 Å². The summed E-state index contributed by atoms with van der Waals surface area (Å²) in [5.74, 6) is -2.65. The molecule has 1 fully saturated rings. The van der Waals surface area contributed by atoms with Gasteiger partial charge in [-0.3, -0.25) is 14.4 Å². The van der Waals surface area contributed by atoms with Crippen LogP contribution in [0.1, 0.15) is 39.7 Å². The lowest BCUT2D eigenvalue weighted by molar-refractivity contribution is -0.193. The Kier molecular flexibility index (Phi) is 8.38. The van der Waals surface area contributed by atoms with Crippen molar-refractivity contribution in [3.8, 4) is 0 Å². The predicted octanol–water partition coefficient (Wildman–Crippen LogP) is 1.57. The summed E-state index contributed by atoms with van der Waals surface area (Å²) in [5, 5.41) is 5.08. The van der Waals surface area contributed by atoms with Gasteiger partial charge >= 0.3 is 11.9 Å². The molecule has 2 rings (SSSR count). The Morgan fingerprint density at radius 2 is 1.80 bits per heavy atom. The number of hydrogen-bond donors (Lipinski definition) is 2. The summed E-state index contributed by atoms with van der Waals surface area (Å²) in [7, 11) is 0. The normalized spacial score (nSPS) is 19.8. The summed E-state index contributed by atoms with van der Waals surface area (Å²) in [4.78, 5) is 48.5. The zero-order valence-electron chi connectivity index (χ0n) is 17.8. The number of esters is 2. The average Bonchev–Trinajstić information content (AvgIpc) is 2.72. The lowest BCUT2D eigenvalue weighted by Gasteiger charge is -2.37. The van der Waals surface area contributed by atoms with Crippen LogP contribution in [0.25, 0.3) is 0 Å². The van der Waals surface area contributed by atoms with Gasteiger partial charge in [0.25, 0.3) is 5.91 Å². The van der Waals surface area contributed by atoms with E-state index in [4.69, 9.17) is 9.47 Å². The first-order valence-electron chi connectivity index (χ1n) is 10.2. The van der Waals surface area contributed by atoms with E-state index in [-0.39, 0.29) is 25.0 Å². The molecule has 1 aliphatic rings. The SMILES string of the molecule is CC[C@H](C)[C@@H]1C(=O)O[C@H]1C(=O)NCC(=O)N[C@H](C(=O)OCc1ccccc1)C(C)C. The third-order valence-corrected chi connectivity index (χ3v) is 5.24. The van der Waals surface area contributed by atoms with Gasteiger partial charge in [-0.25, -0.2) is 4.79 Å². The predicted molar refractivity (Wildman–Crippen MR) is 109 cm³/mol. The maximum atomic E-state index is 12.4. The van der Waals surface area contributed by atoms with Crippen LogP contribution in [0.15, 0.2) is 30.3 Å². The van der Waals surface area contributed by atoms with Crippen LogP contribution in [0, 0.1) is 17.8 Å². The molecule has 0 unspecified atom stereocenters. The molecule has 0 radical (unpaired) electrons. The van der Waals surface area contributed by atoms with Gasteiger partial charge in [0.15, 0.2) is 6.10 Å². The van der Waals surface area contributed by atoms with Crippen molar-refractivity contribution in [3.05, 3.63) is 35.9 Å². The Bertz CT molecular complexity index is 764. The third kappa shape index (κ3) is 6.05. The Balaban J connectivity index is 1.82. The van der Waals surface area contributed by atoms with Gasteiger partial charge in [0.1, 0.15) is 18.6 Å². The molecule has 2 N–H and O–H groups in total. The van der Waals surface area contributed by atoms with Crippen LogP contribution in [-0.2, 0) is 35.3 Å². The van der Waals surface area contributed by atoms with E-state index in [1.54, 1.807) is 13.8 Å². The van der Waals surface area contributed by atoms with Crippen LogP contribution in [-0.4, -0.2) is 42.4 Å². The highest BCUT2D eigenvalue weighted by Crippen LogP contribution is 2.31. The molecule has 0 spiro atoms. The summed E-state index contributed by atoms with van der Waals surface area (Å²) in [6.45, 7) is 7.18. The molecule has 0 aromatic heterocycles. The monoisotopic (exact) mass is 418 g/mol. The Labute approximate surface area is 176 Å². The minimum absolute atomic E-state index is 0.0144. The fourth-order valence-electron chi connectivity index (χ4n) is 3.14. The van der Waals surface area contributed by atoms with E-state index in [1.807, 2.05) is 44.2 Å². The largest absolute Gasteiger partial charge is 0.459 e. The Morgan fingerprint density at radius 3 is 2.37 bits per heavy atom. The number of ether oxygens (including phenoxy) is 2. The van der Waals surface area contributed by atoms with Gasteiger partial charge in [-0.15, -0.1) is 0 Å². The minimum atomic E-state index is -0.878. The first kappa shape index (κ1) is 23.4. The van der Waals surface area contributed by atoms with Crippen molar-refractivity contribution in [3.63, 3.8) is 0 Å². The van der Waals surface area contributed by atoms with Gasteiger partial charge in [-0.2, -0.15) is 0 Å². The maximum absolute atomic E-state index is 12.4. The van der Waals surface area contributed by atoms with E-state index in [9.17, 15) is 19.2 Å². The summed E-state index contributed by atoms with van der Waals surface area (Å²) < 4.78 is 10.3. The average molecular weight is 418 g/mol. The fraction of sp³-hybridized carbons (Fsp3) is 0.545. The van der Waals surface area contributed by atoms with Crippen molar-refractivity contribution < 1.29 is 28.7 Å². The molecule has 164 valence electrons. The van der Waals surface area contributed by atoms with Crippen molar-refractivity contribution in [1.82, 2.24) is 10.6 Å². The smallest absolute Gasteiger partial charge is 0.329 e. The van der Waals surface area contributed by atoms with Crippen LogP contribution in [0.5, 0.6) is 0 Å². The fourth-order valence-corrected chi connectivity index (χ4v) is 3.14. The van der Waals surface area contributed by atoms with Crippen LogP contribution >= 0.6 is 0 Å². The molecule has 1 aliphatic heterocycles. The standard InChI is InChI=1S/C22H30N2O6/c1-5-14(4)17-19(30-21(17)27)20(26)23-11-16(25)24-18(13(2)3)22(28)29-12-15-9-7-6-8-10-15/h6-10,13-14,17-19H,5,11-12H2,1-4H3,(H,23,26)(H,24,25)/t14-,17-,18-,19+/m0/s1. The summed E-state index contributed by atoms with van der Waals surface area (Å²) in [5.41, 5.74) is 0.845. The molecular formula is C22H30N2O6. The van der Waals surface area contributed by atoms with Crippen molar-refractivity contribution in [2.75, 3.05) is 6.54 Å². The number of carbonyl (C=O) groups is 4. The van der Waals surface area contributed by atoms with Gasteiger partial charge in [-0.05, 0) is 17.4 Å². The third-order valence-electron chi connectivity index (χ3n) is 5.24. The number of hydrogen-bond acceptors (Lipinski definition) is 6. The second-order valence-electron chi connectivity index (χ2n) is 7.87. The van der Waals surface area contributed by atoms with Gasteiger partial charge < -0.3 is 20.1 Å². The van der Waals surface area contributed by atoms with Crippen molar-refractivity contribution >= 4 is 23.8 Å². The van der Waals surface area contributed by atoms with Crippen LogP contribution in [0.2, 0.25) is 0 Å². The molecule has 1 aromatic rings. The lowest BCUT2D eigenvalue weighted by atomic mass is 9.83. The number of amides is 2. The number of nitrogens with one attached hydrogen (secondary N) is 2. The van der Waals surface area contributed by atoms with Crippen molar-refractivity contribution in [1.29, 1.82) is 0 Å². The Hall–Kier alpha value is -2.90. The quantitative estimate of drug-likeness (QED) is 0.558. The van der Waals surface area contributed by atoms with Crippen LogP contribution < -0.4 is 10.6 Å². The van der Waals surface area contributed by atoms with E-state index in [0.29, 0.717) is 0 Å². The lowest BCUT2D eigenvalue weighted by Crippen LogP contribution is -2.57. The second kappa shape index (κ2) is 10.8. The van der Waals surface area contributed by atoms with Crippen molar-refractivity contribution in [2.45, 2.75) is 52.9 Å². The van der Waals surface area contributed by atoms with Crippen molar-refractivity contribution in [2.24, 2.45) is 17.8 Å². The Morgan fingerprint density at radius 1 is 1.13 bits per heavy atom. The van der Waals surface area contributed by atoms with Crippen LogP contribution in [0.3, 0.4) is 0 Å². The maximum Gasteiger partial charge on any atom is 0.329 e. The van der Waals surface area contributed by atoms with E-state index >= 15 is 0 Å². The topological polar surface area (TPSA) is 111 Å². The van der Waals surface area contributed by atoms with Gasteiger partial charge in [-0.1, -0.05) is 64.4 Å². The first-order chi connectivity index (χ1) is 14.2. The molecule has 4 atom stereocenters. The van der Waals surface area contributed by atoms with Crippen LogP contribution in [0.4, 0.5) is 0 Å². The highest BCUT2D eigenvalue weighted by Gasteiger charge is 2.49. The summed E-state index contributed by atoms with van der Waals surface area (Å²) in [6, 6.07) is 8.40. The molecule has 30 heavy (non-hydrogen) atoms. The van der Waals surface area contributed by atoms with E-state index in [1.165, 1.54) is 0 Å².